The number of hydrogen-bond donors (Lipinski definition) is 3. The smallest absolute Gasteiger partial charge is 0.407 e. The van der Waals surface area contributed by atoms with Gasteiger partial charge in [0.1, 0.15) is 11.2 Å². The molecule has 0 radical (unpaired) electrons. The molecule has 3 N–H and O–H groups in total. The predicted octanol–water partition coefficient (Wildman–Crippen LogP) is 14.9. The highest BCUT2D eigenvalue weighted by atomic mass is 79.9. The number of nitrogens with one attached hydrogen (secondary N) is 2. The van der Waals surface area contributed by atoms with Crippen LogP contribution < -0.4 is 10.6 Å². The maximum Gasteiger partial charge on any atom is 0.407 e. The topological polar surface area (TPSA) is 138 Å². The number of hydrogen-bond acceptors (Lipinski definition) is 10. The van der Waals surface area contributed by atoms with Gasteiger partial charge in [0.15, 0.2) is 0 Å². The molecule has 73 heavy (non-hydrogen) atoms. The van der Waals surface area contributed by atoms with E-state index in [0.29, 0.717) is 19.4 Å². The number of alkyl carbamates (subject to hydrolysis) is 2. The molecule has 0 saturated carbocycles. The van der Waals surface area contributed by atoms with Crippen LogP contribution >= 0.6 is 15.9 Å². The van der Waals surface area contributed by atoms with E-state index in [-0.39, 0.29) is 51.2 Å². The fraction of sp³-hybridized carbons (Fsp3) is 0.600. The van der Waals surface area contributed by atoms with E-state index in [2.05, 4.69) is 159 Å². The molecule has 13 heteroatoms. The molecule has 2 amide bonds. The van der Waals surface area contributed by atoms with Crippen LogP contribution in [0.2, 0.25) is 0 Å². The number of hydroxylamine groups is 4. The Labute approximate surface area is 449 Å². The highest BCUT2D eigenvalue weighted by Gasteiger charge is 2.48. The van der Waals surface area contributed by atoms with E-state index in [1.165, 1.54) is 21.8 Å². The number of rotatable bonds is 7. The van der Waals surface area contributed by atoms with Crippen molar-refractivity contribution < 1.29 is 29.1 Å². The quantitative estimate of drug-likeness (QED) is 0.153. The molecule has 4 aromatic rings. The summed E-state index contributed by atoms with van der Waals surface area (Å²) in [6.07, 6.45) is 5.97. The van der Waals surface area contributed by atoms with Crippen LogP contribution in [0.3, 0.4) is 0 Å². The number of pyridine rings is 2. The van der Waals surface area contributed by atoms with Gasteiger partial charge < -0.3 is 25.3 Å². The molecule has 12 nitrogen and oxygen atoms in total. The van der Waals surface area contributed by atoms with Gasteiger partial charge in [-0.25, -0.2) is 9.59 Å². The van der Waals surface area contributed by atoms with Gasteiger partial charge in [0.2, 0.25) is 0 Å². The van der Waals surface area contributed by atoms with Gasteiger partial charge in [-0.1, -0.05) is 118 Å². The number of carbonyl (C=O) groups excluding carboxylic acids is 2. The van der Waals surface area contributed by atoms with Crippen molar-refractivity contribution >= 4 is 28.1 Å². The number of halogens is 1. The second kappa shape index (κ2) is 25.4. The molecule has 2 aromatic carbocycles. The number of amides is 2. The number of piperidine rings is 2. The Bertz CT molecular complexity index is 2240. The monoisotopic (exact) mass is 1070 g/mol. The zero-order valence-corrected chi connectivity index (χ0v) is 49.9. The molecule has 0 unspecified atom stereocenters. The van der Waals surface area contributed by atoms with Crippen LogP contribution in [-0.4, -0.2) is 82.9 Å². The standard InChI is InChI=1S/C21H34N2O3.C18H24N2.C14H28N2O3.C7H7Br/c1-19(2,3)26-18(24)22-17-13-20(4,5)23(21(6,7)14-17)25-15-16-11-9-8-10-12-16;1-17(2,3)13-7-9-19-15(11-13)16-12-14(8-10-20-16)18(4,5)6;1-12(2,3)19-11(17)15-10-8-13(4,5)16(18)14(6,7)9-10;8-6-7-4-2-1-3-5-7/h8-12,17H,13-15H2,1-7H3,(H,22,24);7-12H,1-6H3;10,18H,8-9H2,1-7H3,(H,15,17);1-5H,6H2. The molecule has 0 aliphatic carbocycles. The third-order valence-electron chi connectivity index (χ3n) is 12.4. The van der Waals surface area contributed by atoms with E-state index in [1.54, 1.807) is 0 Å². The number of alkyl halides is 1. The Hall–Kier alpha value is -4.40. The number of nitrogens with zero attached hydrogens (tertiary/aromatic N) is 4. The number of benzene rings is 2. The van der Waals surface area contributed by atoms with E-state index in [1.807, 2.05) is 118 Å². The SMILES string of the molecule is BrCc1ccccc1.CC(C)(C)OC(=O)NC1CC(C)(C)N(O)C(C)(C)C1.CC(C)(C)OC(=O)NC1CC(C)(C)N(OCc2ccccc2)C(C)(C)C1.CC(C)(C)c1ccnc(-c2cc(C(C)(C)C)ccn2)c1. The second-order valence-corrected chi connectivity index (χ2v) is 26.7. The van der Waals surface area contributed by atoms with Crippen molar-refractivity contribution in [3.8, 4) is 11.4 Å². The number of aromatic nitrogens is 2. The molecule has 406 valence electrons. The lowest BCUT2D eigenvalue weighted by molar-refractivity contribution is -0.290. The Balaban J connectivity index is 0.000000271. The van der Waals surface area contributed by atoms with Crippen molar-refractivity contribution in [1.29, 1.82) is 0 Å². The van der Waals surface area contributed by atoms with Gasteiger partial charge in [-0.2, -0.15) is 10.1 Å². The van der Waals surface area contributed by atoms with E-state index in [9.17, 15) is 14.8 Å². The fourth-order valence-electron chi connectivity index (χ4n) is 9.39. The summed E-state index contributed by atoms with van der Waals surface area (Å²) in [5.74, 6) is 0. The summed E-state index contributed by atoms with van der Waals surface area (Å²) >= 11 is 3.36. The maximum atomic E-state index is 12.2. The summed E-state index contributed by atoms with van der Waals surface area (Å²) in [4.78, 5) is 39.2. The first-order valence-corrected chi connectivity index (χ1v) is 26.9. The van der Waals surface area contributed by atoms with Gasteiger partial charge in [-0.3, -0.25) is 14.8 Å². The first-order valence-electron chi connectivity index (χ1n) is 25.8. The van der Waals surface area contributed by atoms with Crippen molar-refractivity contribution in [2.75, 3.05) is 0 Å². The minimum absolute atomic E-state index is 0.00301. The molecular formula is C60H93BrN6O6. The first kappa shape index (κ1) is 62.9. The summed E-state index contributed by atoms with van der Waals surface area (Å²) in [5, 5.41) is 20.6. The van der Waals surface area contributed by atoms with Crippen LogP contribution in [-0.2, 0) is 37.1 Å². The van der Waals surface area contributed by atoms with E-state index in [0.717, 1.165) is 35.1 Å². The van der Waals surface area contributed by atoms with Crippen LogP contribution in [0.15, 0.2) is 97.3 Å². The van der Waals surface area contributed by atoms with Crippen molar-refractivity contribution in [3.05, 3.63) is 120 Å². The van der Waals surface area contributed by atoms with Crippen LogP contribution in [0.1, 0.15) is 186 Å². The molecule has 2 aromatic heterocycles. The van der Waals surface area contributed by atoms with E-state index < -0.39 is 17.3 Å². The number of carbonyl (C=O) groups is 2. The fourth-order valence-corrected chi connectivity index (χ4v) is 9.76. The predicted molar refractivity (Wildman–Crippen MR) is 302 cm³/mol. The average molecular weight is 1070 g/mol. The van der Waals surface area contributed by atoms with Gasteiger partial charge in [-0.15, -0.1) is 0 Å². The molecule has 0 spiro atoms. The van der Waals surface area contributed by atoms with Crippen molar-refractivity contribution in [2.24, 2.45) is 0 Å². The Morgan fingerprint density at radius 3 is 1.23 bits per heavy atom. The van der Waals surface area contributed by atoms with Crippen LogP contribution in [0.4, 0.5) is 9.59 Å². The van der Waals surface area contributed by atoms with Crippen LogP contribution in [0, 0.1) is 0 Å². The second-order valence-electron chi connectivity index (χ2n) is 26.1. The molecule has 0 atom stereocenters. The first-order chi connectivity index (χ1) is 33.3. The summed E-state index contributed by atoms with van der Waals surface area (Å²) in [5.41, 5.74) is 5.03. The molecule has 2 aliphatic heterocycles. The Morgan fingerprint density at radius 2 is 0.918 bits per heavy atom. The molecule has 2 aliphatic rings. The summed E-state index contributed by atoms with van der Waals surface area (Å²) in [6, 6.07) is 29.0. The summed E-state index contributed by atoms with van der Waals surface area (Å²) < 4.78 is 10.7. The molecule has 2 saturated heterocycles. The van der Waals surface area contributed by atoms with Gasteiger partial charge in [0.25, 0.3) is 0 Å². The largest absolute Gasteiger partial charge is 0.444 e. The Kier molecular flexibility index (Phi) is 21.9. The van der Waals surface area contributed by atoms with Crippen molar-refractivity contribution in [3.63, 3.8) is 0 Å². The lowest BCUT2D eigenvalue weighted by atomic mass is 9.79. The summed E-state index contributed by atoms with van der Waals surface area (Å²) in [7, 11) is 0. The zero-order chi connectivity index (χ0) is 55.4. The number of ether oxygens (including phenoxy) is 2. The van der Waals surface area contributed by atoms with Crippen LogP contribution in [0.25, 0.3) is 11.4 Å². The van der Waals surface area contributed by atoms with E-state index >= 15 is 0 Å². The molecule has 0 bridgehead atoms. The van der Waals surface area contributed by atoms with Gasteiger partial charge >= 0.3 is 12.2 Å². The maximum absolute atomic E-state index is 12.2. The third kappa shape index (κ3) is 21.4. The van der Waals surface area contributed by atoms with Crippen molar-refractivity contribution in [1.82, 2.24) is 30.7 Å². The minimum Gasteiger partial charge on any atom is -0.444 e. The highest BCUT2D eigenvalue weighted by molar-refractivity contribution is 9.08. The molecule has 6 rings (SSSR count). The van der Waals surface area contributed by atoms with Crippen molar-refractivity contribution in [2.45, 2.75) is 232 Å². The highest BCUT2D eigenvalue weighted by Crippen LogP contribution is 2.40. The normalized spacial score (nSPS) is 18.0. The third-order valence-corrected chi connectivity index (χ3v) is 13.0. The lowest BCUT2D eigenvalue weighted by Crippen LogP contribution is -2.64. The average Bonchev–Trinajstić information content (AvgIpc) is 3.24. The molecular weight excluding hydrogens is 981 g/mol. The van der Waals surface area contributed by atoms with Crippen LogP contribution in [0.5, 0.6) is 0 Å². The van der Waals surface area contributed by atoms with Gasteiger partial charge in [0.05, 0.1) is 18.0 Å². The molecule has 4 heterocycles. The minimum atomic E-state index is -0.493. The van der Waals surface area contributed by atoms with Gasteiger partial charge in [-0.05, 0) is 180 Å². The molecule has 2 fully saturated rings. The zero-order valence-electron chi connectivity index (χ0n) is 48.3. The van der Waals surface area contributed by atoms with Gasteiger partial charge in [0, 0.05) is 52.0 Å². The lowest BCUT2D eigenvalue weighted by Gasteiger charge is -2.53. The van der Waals surface area contributed by atoms with E-state index in [4.69, 9.17) is 14.3 Å². The summed E-state index contributed by atoms with van der Waals surface area (Å²) in [6.45, 7) is 41.5. The Morgan fingerprint density at radius 1 is 0.575 bits per heavy atom.